The van der Waals surface area contributed by atoms with Crippen LogP contribution in [0.1, 0.15) is 60.7 Å². The smallest absolute Gasteiger partial charge is 0.287 e. The number of aryl methyl sites for hydroxylation is 1. The van der Waals surface area contributed by atoms with E-state index in [0.717, 1.165) is 50.3 Å². The molecular weight excluding hydrogens is 628 g/mol. The number of benzene rings is 3. The summed E-state index contributed by atoms with van der Waals surface area (Å²) >= 11 is 5.61. The van der Waals surface area contributed by atoms with Gasteiger partial charge in [-0.15, -0.1) is 0 Å². The van der Waals surface area contributed by atoms with E-state index in [4.69, 9.17) is 16.0 Å². The van der Waals surface area contributed by atoms with Gasteiger partial charge < -0.3 is 24.9 Å². The maximum Gasteiger partial charge on any atom is 0.287 e. The molecule has 3 heterocycles. The van der Waals surface area contributed by atoms with Crippen LogP contribution in [0.3, 0.4) is 0 Å². The molecule has 250 valence electrons. The van der Waals surface area contributed by atoms with Crippen LogP contribution in [0.4, 0.5) is 11.4 Å². The molecule has 3 aromatic carbocycles. The number of para-hydroxylation sites is 1. The minimum absolute atomic E-state index is 0.0539. The van der Waals surface area contributed by atoms with E-state index >= 15 is 0 Å². The standard InChI is InChI=1S/C31H34N4O5.C7H7Cl/c1-21(36)33-24-9-10-28-25(18-24)27(37)19-29(40-28)31(39)32-14-11-22-12-16-34(17-13-22)26-7-3-2-6-23(26)20-35-15-5-4-8-30(35)38;1-6-2-4-7(8)5-3-6/h2-3,6-7,9-11,18-19H,4-5,8,12-17,20H2,1H3,(H,32,39)(H,33,36);2-5H,1H3. The zero-order valence-electron chi connectivity index (χ0n) is 27.4. The Balaban J connectivity index is 0.000000494. The van der Waals surface area contributed by atoms with Crippen molar-refractivity contribution in [2.75, 3.05) is 36.4 Å². The highest BCUT2D eigenvalue weighted by Gasteiger charge is 2.22. The van der Waals surface area contributed by atoms with Crippen molar-refractivity contribution in [3.63, 3.8) is 0 Å². The van der Waals surface area contributed by atoms with Gasteiger partial charge in [-0.25, -0.2) is 0 Å². The highest BCUT2D eigenvalue weighted by molar-refractivity contribution is 6.30. The second-order valence-electron chi connectivity index (χ2n) is 12.1. The molecule has 10 heteroatoms. The van der Waals surface area contributed by atoms with Gasteiger partial charge in [-0.2, -0.15) is 0 Å². The van der Waals surface area contributed by atoms with Crippen molar-refractivity contribution in [1.82, 2.24) is 10.2 Å². The number of likely N-dealkylation sites (tertiary alicyclic amines) is 1. The van der Waals surface area contributed by atoms with Gasteiger partial charge in [0.05, 0.1) is 5.39 Å². The number of nitrogens with zero attached hydrogens (tertiary/aromatic N) is 2. The Morgan fingerprint density at radius 1 is 0.917 bits per heavy atom. The van der Waals surface area contributed by atoms with Crippen LogP contribution in [0.25, 0.3) is 11.0 Å². The van der Waals surface area contributed by atoms with Crippen LogP contribution in [0.15, 0.2) is 93.7 Å². The number of amides is 3. The first-order valence-electron chi connectivity index (χ1n) is 16.3. The summed E-state index contributed by atoms with van der Waals surface area (Å²) in [5, 5.41) is 6.55. The molecule has 6 rings (SSSR count). The monoisotopic (exact) mass is 668 g/mol. The van der Waals surface area contributed by atoms with Gasteiger partial charge in [0.25, 0.3) is 5.91 Å². The SMILES string of the molecule is CC(=O)Nc1ccc2oc(C(=O)NCC=C3CCN(c4ccccc4CN4CCCCC4=O)CC3)cc(=O)c2c1.Cc1ccc(Cl)cc1. The minimum Gasteiger partial charge on any atom is -0.451 e. The number of hydrogen-bond acceptors (Lipinski definition) is 6. The highest BCUT2D eigenvalue weighted by Crippen LogP contribution is 2.28. The molecule has 0 atom stereocenters. The third-order valence-corrected chi connectivity index (χ3v) is 8.71. The first-order chi connectivity index (χ1) is 23.2. The van der Waals surface area contributed by atoms with E-state index in [-0.39, 0.29) is 28.6 Å². The van der Waals surface area contributed by atoms with Gasteiger partial charge in [-0.1, -0.05) is 59.1 Å². The van der Waals surface area contributed by atoms with Gasteiger partial charge in [0.1, 0.15) is 5.58 Å². The molecule has 2 saturated heterocycles. The summed E-state index contributed by atoms with van der Waals surface area (Å²) in [7, 11) is 0. The Kier molecular flexibility index (Phi) is 11.7. The number of nitrogens with one attached hydrogen (secondary N) is 2. The van der Waals surface area contributed by atoms with E-state index in [9.17, 15) is 19.2 Å². The fourth-order valence-corrected chi connectivity index (χ4v) is 6.01. The van der Waals surface area contributed by atoms with E-state index < -0.39 is 5.91 Å². The Bertz CT molecular complexity index is 1840. The number of anilines is 2. The predicted molar refractivity (Wildman–Crippen MR) is 191 cm³/mol. The summed E-state index contributed by atoms with van der Waals surface area (Å²) in [4.78, 5) is 53.2. The maximum absolute atomic E-state index is 12.7. The summed E-state index contributed by atoms with van der Waals surface area (Å²) in [5.41, 5.74) is 5.30. The van der Waals surface area contributed by atoms with Crippen molar-refractivity contribution in [3.8, 4) is 0 Å². The van der Waals surface area contributed by atoms with Crippen molar-refractivity contribution in [1.29, 1.82) is 0 Å². The molecule has 1 aromatic heterocycles. The normalized spacial score (nSPS) is 14.6. The fourth-order valence-electron chi connectivity index (χ4n) is 5.88. The van der Waals surface area contributed by atoms with E-state index in [1.165, 1.54) is 41.4 Å². The first-order valence-corrected chi connectivity index (χ1v) is 16.7. The second kappa shape index (κ2) is 16.3. The van der Waals surface area contributed by atoms with Crippen LogP contribution in [0, 0.1) is 6.92 Å². The molecule has 0 aliphatic carbocycles. The summed E-state index contributed by atoms with van der Waals surface area (Å²) in [6, 6.07) is 22.0. The molecule has 0 bridgehead atoms. The summed E-state index contributed by atoms with van der Waals surface area (Å²) in [5.74, 6) is -0.511. The van der Waals surface area contributed by atoms with Crippen LogP contribution < -0.4 is 21.0 Å². The Morgan fingerprint density at radius 3 is 2.38 bits per heavy atom. The minimum atomic E-state index is -0.458. The van der Waals surface area contributed by atoms with Gasteiger partial charge >= 0.3 is 0 Å². The summed E-state index contributed by atoms with van der Waals surface area (Å²) in [6.45, 7) is 6.98. The fraction of sp³-hybridized carbons (Fsp3) is 0.316. The number of hydrogen-bond donors (Lipinski definition) is 2. The first kappa shape index (κ1) is 34.4. The number of halogens is 1. The zero-order chi connectivity index (χ0) is 34.0. The third kappa shape index (κ3) is 9.35. The molecule has 2 fully saturated rings. The zero-order valence-corrected chi connectivity index (χ0v) is 28.1. The molecule has 48 heavy (non-hydrogen) atoms. The number of carbonyl (C=O) groups excluding carboxylic acids is 3. The molecule has 2 aliphatic heterocycles. The number of fused-ring (bicyclic) bond motifs is 1. The van der Waals surface area contributed by atoms with Gasteiger partial charge in [0.2, 0.25) is 11.8 Å². The Labute approximate surface area is 285 Å². The molecule has 9 nitrogen and oxygen atoms in total. The number of piperidine rings is 2. The summed E-state index contributed by atoms with van der Waals surface area (Å²) in [6.07, 6.45) is 6.49. The van der Waals surface area contributed by atoms with Gasteiger partial charge in [-0.05, 0) is 74.6 Å². The van der Waals surface area contributed by atoms with Gasteiger partial charge in [0, 0.05) is 68.5 Å². The summed E-state index contributed by atoms with van der Waals surface area (Å²) < 4.78 is 5.67. The molecular formula is C38H41ClN4O5. The lowest BCUT2D eigenvalue weighted by atomic mass is 10.0. The van der Waals surface area contributed by atoms with E-state index in [0.29, 0.717) is 30.6 Å². The van der Waals surface area contributed by atoms with Gasteiger partial charge in [-0.3, -0.25) is 19.2 Å². The van der Waals surface area contributed by atoms with Crippen LogP contribution in [-0.4, -0.2) is 48.8 Å². The highest BCUT2D eigenvalue weighted by atomic mass is 35.5. The van der Waals surface area contributed by atoms with Crippen molar-refractivity contribution in [2.24, 2.45) is 0 Å². The predicted octanol–water partition coefficient (Wildman–Crippen LogP) is 6.87. The molecule has 0 spiro atoms. The largest absolute Gasteiger partial charge is 0.451 e. The average Bonchev–Trinajstić information content (AvgIpc) is 3.08. The topological polar surface area (TPSA) is 112 Å². The van der Waals surface area contributed by atoms with Crippen LogP contribution >= 0.6 is 11.6 Å². The lowest BCUT2D eigenvalue weighted by Gasteiger charge is -2.34. The molecule has 2 aliphatic rings. The molecule has 2 N–H and O–H groups in total. The maximum atomic E-state index is 12.7. The van der Waals surface area contributed by atoms with E-state index in [1.807, 2.05) is 54.3 Å². The second-order valence-corrected chi connectivity index (χ2v) is 12.6. The number of rotatable bonds is 7. The molecule has 0 unspecified atom stereocenters. The lowest BCUT2D eigenvalue weighted by Crippen LogP contribution is -2.36. The quantitative estimate of drug-likeness (QED) is 0.208. The van der Waals surface area contributed by atoms with Crippen LogP contribution in [0.5, 0.6) is 0 Å². The third-order valence-electron chi connectivity index (χ3n) is 8.46. The van der Waals surface area contributed by atoms with Crippen molar-refractivity contribution >= 4 is 51.7 Å². The van der Waals surface area contributed by atoms with E-state index in [1.54, 1.807) is 12.1 Å². The molecule has 0 saturated carbocycles. The molecule has 3 amide bonds. The average molecular weight is 669 g/mol. The van der Waals surface area contributed by atoms with Crippen molar-refractivity contribution in [3.05, 3.63) is 117 Å². The van der Waals surface area contributed by atoms with Crippen molar-refractivity contribution in [2.45, 2.75) is 52.5 Å². The number of carbonyl (C=O) groups is 3. The lowest BCUT2D eigenvalue weighted by molar-refractivity contribution is -0.133. The van der Waals surface area contributed by atoms with E-state index in [2.05, 4.69) is 27.7 Å². The Morgan fingerprint density at radius 2 is 1.67 bits per heavy atom. The molecule has 0 radical (unpaired) electrons. The van der Waals surface area contributed by atoms with Crippen molar-refractivity contribution < 1.29 is 18.8 Å². The van der Waals surface area contributed by atoms with Gasteiger partial charge in [0.15, 0.2) is 11.2 Å². The Hall–Kier alpha value is -4.89. The van der Waals surface area contributed by atoms with Crippen LogP contribution in [0.2, 0.25) is 5.02 Å². The van der Waals surface area contributed by atoms with Crippen LogP contribution in [-0.2, 0) is 16.1 Å². The molecule has 4 aromatic rings.